The van der Waals surface area contributed by atoms with E-state index in [1.807, 2.05) is 31.2 Å². The molecule has 2 aromatic rings. The summed E-state index contributed by atoms with van der Waals surface area (Å²) >= 11 is 0. The van der Waals surface area contributed by atoms with Crippen molar-refractivity contribution >= 4 is 16.7 Å². The van der Waals surface area contributed by atoms with E-state index in [2.05, 4.69) is 35.7 Å². The van der Waals surface area contributed by atoms with Gasteiger partial charge in [0.25, 0.3) is 0 Å². The Labute approximate surface area is 114 Å². The second-order valence-corrected chi connectivity index (χ2v) is 4.57. The molecule has 2 heteroatoms. The molecule has 0 atom stereocenters. The predicted octanol–water partition coefficient (Wildman–Crippen LogP) is 3.46. The van der Waals surface area contributed by atoms with Gasteiger partial charge >= 0.3 is 0 Å². The lowest BCUT2D eigenvalue weighted by Gasteiger charge is -2.05. The maximum atomic E-state index is 11.8. The summed E-state index contributed by atoms with van der Waals surface area (Å²) in [4.78, 5) is 11.8. The molecule has 0 aliphatic rings. The van der Waals surface area contributed by atoms with Crippen LogP contribution < -0.4 is 5.32 Å². The zero-order valence-electron chi connectivity index (χ0n) is 11.2. The van der Waals surface area contributed by atoms with Crippen LogP contribution in [-0.4, -0.2) is 12.5 Å². The zero-order valence-corrected chi connectivity index (χ0v) is 11.2. The van der Waals surface area contributed by atoms with Crippen LogP contribution >= 0.6 is 0 Å². The molecule has 1 N–H and O–H groups in total. The minimum absolute atomic E-state index is 0.0831. The Morgan fingerprint density at radius 1 is 1.16 bits per heavy atom. The van der Waals surface area contributed by atoms with Gasteiger partial charge in [0.05, 0.1) is 6.42 Å². The molecule has 0 saturated carbocycles. The van der Waals surface area contributed by atoms with E-state index >= 15 is 0 Å². The summed E-state index contributed by atoms with van der Waals surface area (Å²) in [5.41, 5.74) is 1.06. The van der Waals surface area contributed by atoms with Gasteiger partial charge in [-0.3, -0.25) is 4.79 Å². The van der Waals surface area contributed by atoms with Crippen molar-refractivity contribution in [3.63, 3.8) is 0 Å². The highest BCUT2D eigenvalue weighted by Crippen LogP contribution is 2.15. The van der Waals surface area contributed by atoms with Crippen LogP contribution in [-0.2, 0) is 11.2 Å². The normalized spacial score (nSPS) is 11.0. The summed E-state index contributed by atoms with van der Waals surface area (Å²) in [6.07, 6.45) is 5.38. The van der Waals surface area contributed by atoms with Crippen molar-refractivity contribution in [2.75, 3.05) is 6.54 Å². The zero-order chi connectivity index (χ0) is 13.5. The fourth-order valence-electron chi connectivity index (χ4n) is 2.06. The largest absolute Gasteiger partial charge is 0.356 e. The van der Waals surface area contributed by atoms with E-state index in [1.54, 1.807) is 0 Å². The van der Waals surface area contributed by atoms with Crippen molar-refractivity contribution in [2.24, 2.45) is 0 Å². The third kappa shape index (κ3) is 3.95. The molecule has 98 valence electrons. The Kier molecular flexibility index (Phi) is 4.73. The second kappa shape index (κ2) is 6.74. The van der Waals surface area contributed by atoms with Crippen molar-refractivity contribution in [1.82, 2.24) is 5.32 Å². The summed E-state index contributed by atoms with van der Waals surface area (Å²) < 4.78 is 0. The fraction of sp³-hybridized carbons (Fsp3) is 0.235. The number of hydrogen-bond donors (Lipinski definition) is 1. The third-order valence-electron chi connectivity index (χ3n) is 3.05. The number of amides is 1. The summed E-state index contributed by atoms with van der Waals surface area (Å²) in [5.74, 6) is 0.0831. The molecular formula is C17H19NO. The van der Waals surface area contributed by atoms with E-state index in [0.717, 1.165) is 12.0 Å². The van der Waals surface area contributed by atoms with Crippen LogP contribution in [0.3, 0.4) is 0 Å². The molecule has 0 fully saturated rings. The first-order valence-corrected chi connectivity index (χ1v) is 6.65. The van der Waals surface area contributed by atoms with Crippen molar-refractivity contribution < 1.29 is 4.79 Å². The van der Waals surface area contributed by atoms with Crippen LogP contribution in [0.5, 0.6) is 0 Å². The number of rotatable bonds is 5. The standard InChI is InChI=1S/C17H19NO/c1-2-3-6-11-18-17(19)13-14-9-10-15-7-4-5-8-16(15)12-14/h2-5,7-10,12H,6,11,13H2,1H3,(H,18,19)/b3-2+. The maximum absolute atomic E-state index is 11.8. The van der Waals surface area contributed by atoms with E-state index in [4.69, 9.17) is 0 Å². The molecule has 0 heterocycles. The number of fused-ring (bicyclic) bond motifs is 1. The molecule has 2 rings (SSSR count). The lowest BCUT2D eigenvalue weighted by molar-refractivity contribution is -0.120. The first kappa shape index (κ1) is 13.3. The summed E-state index contributed by atoms with van der Waals surface area (Å²) in [7, 11) is 0. The average Bonchev–Trinajstić information content (AvgIpc) is 2.43. The number of carbonyl (C=O) groups is 1. The van der Waals surface area contributed by atoms with E-state index in [9.17, 15) is 4.79 Å². The van der Waals surface area contributed by atoms with Gasteiger partial charge in [-0.25, -0.2) is 0 Å². The van der Waals surface area contributed by atoms with E-state index in [-0.39, 0.29) is 5.91 Å². The number of benzene rings is 2. The van der Waals surface area contributed by atoms with Gasteiger partial charge in [0, 0.05) is 6.54 Å². The van der Waals surface area contributed by atoms with Gasteiger partial charge in [-0.15, -0.1) is 0 Å². The Morgan fingerprint density at radius 2 is 1.95 bits per heavy atom. The van der Waals surface area contributed by atoms with E-state index in [1.165, 1.54) is 10.8 Å². The first-order valence-electron chi connectivity index (χ1n) is 6.65. The highest BCUT2D eigenvalue weighted by atomic mass is 16.1. The minimum atomic E-state index is 0.0831. The number of nitrogens with one attached hydrogen (secondary N) is 1. The SMILES string of the molecule is C/C=C/CCNC(=O)Cc1ccc2ccccc2c1. The van der Waals surface area contributed by atoms with Crippen LogP contribution in [0, 0.1) is 0 Å². The molecule has 0 aliphatic carbocycles. The van der Waals surface area contributed by atoms with E-state index < -0.39 is 0 Å². The Hall–Kier alpha value is -2.09. The van der Waals surface area contributed by atoms with Crippen molar-refractivity contribution in [1.29, 1.82) is 0 Å². The molecule has 19 heavy (non-hydrogen) atoms. The molecule has 0 saturated heterocycles. The third-order valence-corrected chi connectivity index (χ3v) is 3.05. The van der Waals surface area contributed by atoms with Crippen molar-refractivity contribution in [2.45, 2.75) is 19.8 Å². The fourth-order valence-corrected chi connectivity index (χ4v) is 2.06. The predicted molar refractivity (Wildman–Crippen MR) is 80.1 cm³/mol. The van der Waals surface area contributed by atoms with E-state index in [0.29, 0.717) is 13.0 Å². The molecule has 0 aliphatic heterocycles. The molecule has 1 amide bonds. The minimum Gasteiger partial charge on any atom is -0.356 e. The number of carbonyl (C=O) groups excluding carboxylic acids is 1. The molecular weight excluding hydrogens is 234 g/mol. The Bertz CT molecular complexity index is 587. The van der Waals surface area contributed by atoms with Crippen LogP contribution in [0.15, 0.2) is 54.6 Å². The second-order valence-electron chi connectivity index (χ2n) is 4.57. The highest BCUT2D eigenvalue weighted by Gasteiger charge is 2.03. The average molecular weight is 253 g/mol. The van der Waals surface area contributed by atoms with Gasteiger partial charge in [0.2, 0.25) is 5.91 Å². The van der Waals surface area contributed by atoms with Crippen LogP contribution in [0.2, 0.25) is 0 Å². The van der Waals surface area contributed by atoms with Crippen LogP contribution in [0.1, 0.15) is 18.9 Å². The van der Waals surface area contributed by atoms with Gasteiger partial charge in [-0.05, 0) is 29.7 Å². The van der Waals surface area contributed by atoms with Gasteiger partial charge in [-0.1, -0.05) is 54.6 Å². The Balaban J connectivity index is 1.95. The van der Waals surface area contributed by atoms with Gasteiger partial charge in [-0.2, -0.15) is 0 Å². The maximum Gasteiger partial charge on any atom is 0.224 e. The molecule has 0 aromatic heterocycles. The molecule has 2 nitrogen and oxygen atoms in total. The Morgan fingerprint density at radius 3 is 2.74 bits per heavy atom. The lowest BCUT2D eigenvalue weighted by Crippen LogP contribution is -2.25. The number of allylic oxidation sites excluding steroid dienone is 1. The highest BCUT2D eigenvalue weighted by molar-refractivity contribution is 5.85. The van der Waals surface area contributed by atoms with Gasteiger partial charge in [0.1, 0.15) is 0 Å². The molecule has 2 aromatic carbocycles. The van der Waals surface area contributed by atoms with Gasteiger partial charge in [0.15, 0.2) is 0 Å². The topological polar surface area (TPSA) is 29.1 Å². The summed E-state index contributed by atoms with van der Waals surface area (Å²) in [6.45, 7) is 2.69. The molecule has 0 radical (unpaired) electrons. The van der Waals surface area contributed by atoms with Crippen LogP contribution in [0.25, 0.3) is 10.8 Å². The molecule has 0 spiro atoms. The van der Waals surface area contributed by atoms with Crippen molar-refractivity contribution in [3.05, 3.63) is 60.2 Å². The molecule has 0 unspecified atom stereocenters. The smallest absolute Gasteiger partial charge is 0.224 e. The summed E-state index contributed by atoms with van der Waals surface area (Å²) in [5, 5.41) is 5.31. The lowest BCUT2D eigenvalue weighted by atomic mass is 10.0. The van der Waals surface area contributed by atoms with Gasteiger partial charge < -0.3 is 5.32 Å². The first-order chi connectivity index (χ1) is 9.29. The summed E-state index contributed by atoms with van der Waals surface area (Å²) in [6, 6.07) is 14.4. The monoisotopic (exact) mass is 253 g/mol. The number of hydrogen-bond acceptors (Lipinski definition) is 1. The molecule has 0 bridgehead atoms. The quantitative estimate of drug-likeness (QED) is 0.641. The van der Waals surface area contributed by atoms with Crippen molar-refractivity contribution in [3.8, 4) is 0 Å². The van der Waals surface area contributed by atoms with Crippen LogP contribution in [0.4, 0.5) is 0 Å².